The van der Waals surface area contributed by atoms with Crippen molar-refractivity contribution in [3.8, 4) is 0 Å². The van der Waals surface area contributed by atoms with Gasteiger partial charge in [0, 0.05) is 23.6 Å². The van der Waals surface area contributed by atoms with Gasteiger partial charge in [-0.15, -0.1) is 6.58 Å². The summed E-state index contributed by atoms with van der Waals surface area (Å²) in [7, 11) is 0. The van der Waals surface area contributed by atoms with Crippen LogP contribution in [-0.2, 0) is 16.1 Å². The van der Waals surface area contributed by atoms with Crippen LogP contribution in [0.1, 0.15) is 24.2 Å². The maximum absolute atomic E-state index is 12.2. The number of fused-ring (bicyclic) bond motifs is 1. The minimum atomic E-state index is -0.732. The molecule has 4 nitrogen and oxygen atoms in total. The zero-order valence-corrected chi connectivity index (χ0v) is 11.6. The molecule has 0 saturated heterocycles. The number of allylic oxidation sites excluding steroid dienone is 1. The molecule has 1 aromatic heterocycles. The van der Waals surface area contributed by atoms with Crippen molar-refractivity contribution in [1.82, 2.24) is 4.57 Å². The van der Waals surface area contributed by atoms with E-state index in [1.165, 1.54) is 6.92 Å². The number of para-hydroxylation sites is 1. The molecule has 1 aromatic carbocycles. The normalized spacial score (nSPS) is 12.1. The summed E-state index contributed by atoms with van der Waals surface area (Å²) in [5.74, 6) is -0.653. The van der Waals surface area contributed by atoms with Crippen LogP contribution in [0.3, 0.4) is 0 Å². The fraction of sp³-hybridized carbons (Fsp3) is 0.250. The Kier molecular flexibility index (Phi) is 4.03. The molecule has 4 heteroatoms. The van der Waals surface area contributed by atoms with Gasteiger partial charge in [-0.25, -0.2) is 4.79 Å². The summed E-state index contributed by atoms with van der Waals surface area (Å²) >= 11 is 0. The van der Waals surface area contributed by atoms with Crippen LogP contribution >= 0.6 is 0 Å². The first-order valence-electron chi connectivity index (χ1n) is 6.44. The summed E-state index contributed by atoms with van der Waals surface area (Å²) in [5.41, 5.74) is 1.41. The highest BCUT2D eigenvalue weighted by Crippen LogP contribution is 2.22. The number of benzene rings is 1. The molecule has 0 radical (unpaired) electrons. The van der Waals surface area contributed by atoms with Crippen LogP contribution in [0.5, 0.6) is 0 Å². The lowest BCUT2D eigenvalue weighted by Gasteiger charge is -2.08. The predicted octanol–water partition coefficient (Wildman–Crippen LogP) is 2.96. The smallest absolute Gasteiger partial charge is 0.341 e. The lowest BCUT2D eigenvalue weighted by atomic mass is 10.2. The van der Waals surface area contributed by atoms with Gasteiger partial charge in [0.05, 0.1) is 5.56 Å². The third-order valence-electron chi connectivity index (χ3n) is 3.19. The van der Waals surface area contributed by atoms with E-state index >= 15 is 0 Å². The van der Waals surface area contributed by atoms with E-state index in [2.05, 4.69) is 6.58 Å². The van der Waals surface area contributed by atoms with E-state index in [0.29, 0.717) is 12.1 Å². The van der Waals surface area contributed by atoms with Gasteiger partial charge in [0.2, 0.25) is 0 Å². The van der Waals surface area contributed by atoms with Crippen LogP contribution in [0.15, 0.2) is 43.1 Å². The first kappa shape index (κ1) is 14.1. The molecule has 20 heavy (non-hydrogen) atoms. The second kappa shape index (κ2) is 5.74. The minimum absolute atomic E-state index is 0.173. The SMILES string of the molecule is C=CCn1cc(C(=O)O[C@@H](C)C(C)=O)c2ccccc21. The van der Waals surface area contributed by atoms with Crippen LogP contribution in [-0.4, -0.2) is 22.4 Å². The standard InChI is InChI=1S/C16H17NO3/c1-4-9-17-10-14(13-7-5-6-8-15(13)17)16(19)20-12(3)11(2)18/h4-8,10,12H,1,9H2,2-3H3/t12-/m0/s1. The monoisotopic (exact) mass is 271 g/mol. The summed E-state index contributed by atoms with van der Waals surface area (Å²) < 4.78 is 7.10. The molecule has 0 spiro atoms. The average Bonchev–Trinajstić information content (AvgIpc) is 2.78. The quantitative estimate of drug-likeness (QED) is 0.620. The fourth-order valence-corrected chi connectivity index (χ4v) is 2.01. The third-order valence-corrected chi connectivity index (χ3v) is 3.19. The third kappa shape index (κ3) is 2.64. The number of carbonyl (C=O) groups excluding carboxylic acids is 2. The lowest BCUT2D eigenvalue weighted by Crippen LogP contribution is -2.21. The van der Waals surface area contributed by atoms with E-state index in [1.54, 1.807) is 19.2 Å². The number of aromatic nitrogens is 1. The Morgan fingerprint density at radius 3 is 2.75 bits per heavy atom. The van der Waals surface area contributed by atoms with Crippen molar-refractivity contribution < 1.29 is 14.3 Å². The van der Waals surface area contributed by atoms with Gasteiger partial charge in [0.1, 0.15) is 0 Å². The lowest BCUT2D eigenvalue weighted by molar-refractivity contribution is -0.124. The summed E-state index contributed by atoms with van der Waals surface area (Å²) in [4.78, 5) is 23.4. The Morgan fingerprint density at radius 1 is 1.40 bits per heavy atom. The van der Waals surface area contributed by atoms with Crippen LogP contribution in [0, 0.1) is 0 Å². The van der Waals surface area contributed by atoms with Crippen molar-refractivity contribution in [2.24, 2.45) is 0 Å². The molecule has 0 N–H and O–H groups in total. The van der Waals surface area contributed by atoms with E-state index in [9.17, 15) is 9.59 Å². The molecule has 0 amide bonds. The topological polar surface area (TPSA) is 48.3 Å². The second-order valence-corrected chi connectivity index (χ2v) is 4.66. The summed E-state index contributed by atoms with van der Waals surface area (Å²) in [5, 5.41) is 0.815. The summed E-state index contributed by atoms with van der Waals surface area (Å²) in [6.45, 7) is 7.29. The molecule has 1 heterocycles. The Bertz CT molecular complexity index is 669. The van der Waals surface area contributed by atoms with Gasteiger partial charge in [-0.1, -0.05) is 24.3 Å². The maximum Gasteiger partial charge on any atom is 0.341 e. The average molecular weight is 271 g/mol. The molecule has 0 aliphatic rings. The minimum Gasteiger partial charge on any atom is -0.451 e. The van der Waals surface area contributed by atoms with E-state index in [4.69, 9.17) is 4.74 Å². The second-order valence-electron chi connectivity index (χ2n) is 4.66. The van der Waals surface area contributed by atoms with Crippen molar-refractivity contribution in [3.05, 3.63) is 48.7 Å². The van der Waals surface area contributed by atoms with E-state index in [1.807, 2.05) is 28.8 Å². The molecule has 0 saturated carbocycles. The van der Waals surface area contributed by atoms with Crippen molar-refractivity contribution in [2.75, 3.05) is 0 Å². The molecular formula is C16H17NO3. The zero-order valence-electron chi connectivity index (χ0n) is 11.6. The number of carbonyl (C=O) groups is 2. The largest absolute Gasteiger partial charge is 0.451 e. The summed E-state index contributed by atoms with van der Waals surface area (Å²) in [6.07, 6.45) is 2.77. The molecule has 104 valence electrons. The van der Waals surface area contributed by atoms with Crippen LogP contribution in [0.2, 0.25) is 0 Å². The maximum atomic E-state index is 12.2. The Morgan fingerprint density at radius 2 is 2.10 bits per heavy atom. The van der Waals surface area contributed by atoms with E-state index in [-0.39, 0.29) is 5.78 Å². The molecular weight excluding hydrogens is 254 g/mol. The summed E-state index contributed by atoms with van der Waals surface area (Å²) in [6, 6.07) is 7.58. The van der Waals surface area contributed by atoms with E-state index in [0.717, 1.165) is 10.9 Å². The van der Waals surface area contributed by atoms with Crippen LogP contribution in [0.4, 0.5) is 0 Å². The number of nitrogens with zero attached hydrogens (tertiary/aromatic N) is 1. The first-order valence-corrected chi connectivity index (χ1v) is 6.44. The number of rotatable bonds is 5. The molecule has 0 aliphatic heterocycles. The van der Waals surface area contributed by atoms with E-state index < -0.39 is 12.1 Å². The van der Waals surface area contributed by atoms with Gasteiger partial charge in [0.25, 0.3) is 0 Å². The molecule has 1 atom stereocenters. The molecule has 0 fully saturated rings. The van der Waals surface area contributed by atoms with Crippen molar-refractivity contribution >= 4 is 22.7 Å². The first-order chi connectivity index (χ1) is 9.54. The highest BCUT2D eigenvalue weighted by molar-refractivity contribution is 6.05. The number of ketones is 1. The number of Topliss-reactive ketones (excluding diaryl/α,β-unsaturated/α-hetero) is 1. The zero-order chi connectivity index (χ0) is 14.7. The molecule has 0 aliphatic carbocycles. The molecule has 2 rings (SSSR count). The predicted molar refractivity (Wildman–Crippen MR) is 77.7 cm³/mol. The molecule has 0 bridgehead atoms. The highest BCUT2D eigenvalue weighted by Gasteiger charge is 2.19. The Balaban J connectivity index is 2.41. The van der Waals surface area contributed by atoms with Gasteiger partial charge in [-0.05, 0) is 19.9 Å². The van der Waals surface area contributed by atoms with Gasteiger partial charge in [0.15, 0.2) is 11.9 Å². The van der Waals surface area contributed by atoms with Gasteiger partial charge < -0.3 is 9.30 Å². The van der Waals surface area contributed by atoms with Gasteiger partial charge in [-0.2, -0.15) is 0 Å². The Hall–Kier alpha value is -2.36. The number of esters is 1. The van der Waals surface area contributed by atoms with Gasteiger partial charge in [-0.3, -0.25) is 4.79 Å². The number of hydrogen-bond acceptors (Lipinski definition) is 3. The molecule has 2 aromatic rings. The molecule has 0 unspecified atom stereocenters. The van der Waals surface area contributed by atoms with Crippen molar-refractivity contribution in [3.63, 3.8) is 0 Å². The van der Waals surface area contributed by atoms with Crippen molar-refractivity contribution in [1.29, 1.82) is 0 Å². The van der Waals surface area contributed by atoms with Gasteiger partial charge >= 0.3 is 5.97 Å². The van der Waals surface area contributed by atoms with Crippen LogP contribution < -0.4 is 0 Å². The fourth-order valence-electron chi connectivity index (χ4n) is 2.01. The van der Waals surface area contributed by atoms with Crippen molar-refractivity contribution in [2.45, 2.75) is 26.5 Å². The number of hydrogen-bond donors (Lipinski definition) is 0. The highest BCUT2D eigenvalue weighted by atomic mass is 16.5. The Labute approximate surface area is 117 Å². The number of ether oxygens (including phenoxy) is 1. The van der Waals surface area contributed by atoms with Crippen LogP contribution in [0.25, 0.3) is 10.9 Å².